The summed E-state index contributed by atoms with van der Waals surface area (Å²) in [5.41, 5.74) is 4.41. The number of aryl methyl sites for hydroxylation is 2. The quantitative estimate of drug-likeness (QED) is 0.0941. The van der Waals surface area contributed by atoms with E-state index in [4.69, 9.17) is 0 Å². The monoisotopic (exact) mass is 623 g/mol. The highest BCUT2D eigenvalue weighted by molar-refractivity contribution is 5.82. The molecule has 0 saturated heterocycles. The summed E-state index contributed by atoms with van der Waals surface area (Å²) in [6.07, 6.45) is 5.76. The highest BCUT2D eigenvalue weighted by Crippen LogP contribution is 2.42. The van der Waals surface area contributed by atoms with Crippen molar-refractivity contribution in [3.8, 4) is 11.5 Å². The number of phenols is 2. The molecule has 2 heterocycles. The Morgan fingerprint density at radius 2 is 1.37 bits per heavy atom. The Bertz CT molecular complexity index is 1710. The van der Waals surface area contributed by atoms with Gasteiger partial charge in [-0.05, 0) is 119 Å². The molecule has 2 aromatic heterocycles. The molecule has 0 fully saturated rings. The zero-order valence-corrected chi connectivity index (χ0v) is 26.0. The number of unbranched alkanes of at least 4 members (excludes halogenated alkanes) is 1. The molecule has 5 rings (SSSR count). The van der Waals surface area contributed by atoms with Crippen molar-refractivity contribution in [2.24, 2.45) is 10.2 Å². The first-order chi connectivity index (χ1) is 22.4. The van der Waals surface area contributed by atoms with E-state index in [9.17, 15) is 15.3 Å². The largest absolute Gasteiger partial charge is 0.508 e. The van der Waals surface area contributed by atoms with Crippen LogP contribution in [0, 0.1) is 13.8 Å². The van der Waals surface area contributed by atoms with Gasteiger partial charge in [-0.2, -0.15) is 10.2 Å². The Morgan fingerprint density at radius 1 is 0.783 bits per heavy atom. The second-order valence-corrected chi connectivity index (χ2v) is 10.8. The summed E-state index contributed by atoms with van der Waals surface area (Å²) in [5.74, 6) is 0.596. The summed E-state index contributed by atoms with van der Waals surface area (Å²) in [6.45, 7) is 7.42. The van der Waals surface area contributed by atoms with Gasteiger partial charge in [0, 0.05) is 42.4 Å². The predicted molar refractivity (Wildman–Crippen MR) is 174 cm³/mol. The summed E-state index contributed by atoms with van der Waals surface area (Å²) in [6, 6.07) is 18.5. The molecule has 14 heteroatoms. The number of aliphatic hydroxyl groups is 1. The van der Waals surface area contributed by atoms with Crippen LogP contribution in [0.25, 0.3) is 0 Å². The number of hydrogen-bond acceptors (Lipinski definition) is 12. The summed E-state index contributed by atoms with van der Waals surface area (Å²) in [5, 5.41) is 63.4. The molecule has 0 radical (unpaired) electrons. The van der Waals surface area contributed by atoms with Crippen LogP contribution in [0.5, 0.6) is 11.5 Å². The first-order valence-corrected chi connectivity index (χ1v) is 15.1. The van der Waals surface area contributed by atoms with Crippen molar-refractivity contribution >= 4 is 18.1 Å². The molecule has 238 valence electrons. The Morgan fingerprint density at radius 3 is 1.87 bits per heavy atom. The van der Waals surface area contributed by atoms with Crippen LogP contribution in [-0.2, 0) is 0 Å². The number of aromatic hydroxyl groups is 2. The van der Waals surface area contributed by atoms with Crippen molar-refractivity contribution in [3.05, 3.63) is 100 Å². The van der Waals surface area contributed by atoms with Crippen molar-refractivity contribution in [2.75, 3.05) is 24.6 Å². The van der Waals surface area contributed by atoms with Gasteiger partial charge in [0.05, 0.1) is 12.4 Å². The van der Waals surface area contributed by atoms with Gasteiger partial charge in [0.2, 0.25) is 0 Å². The minimum atomic E-state index is -0.577. The number of tetrazole rings is 2. The number of rotatable bonds is 14. The predicted octanol–water partition coefficient (Wildman–Crippen LogP) is 3.62. The van der Waals surface area contributed by atoms with Crippen molar-refractivity contribution in [1.82, 2.24) is 40.6 Å². The SMILES string of the molecule is CCCN(CCCCO)c1cccc(C(c2cc(C=Nn3nnnc3C)ccc2O)c2cc(C=Nn3nnnc3C)ccc2O)c1. The number of phenolic OH excluding ortho intramolecular Hbond substituents is 2. The zero-order chi connectivity index (χ0) is 32.5. The Kier molecular flexibility index (Phi) is 10.4. The van der Waals surface area contributed by atoms with Crippen molar-refractivity contribution in [3.63, 3.8) is 0 Å². The third-order valence-electron chi connectivity index (χ3n) is 7.46. The molecule has 5 aromatic rings. The van der Waals surface area contributed by atoms with E-state index >= 15 is 0 Å². The van der Waals surface area contributed by atoms with Gasteiger partial charge in [-0.25, -0.2) is 0 Å². The number of aliphatic hydroxyl groups excluding tert-OH is 1. The van der Waals surface area contributed by atoms with Crippen molar-refractivity contribution in [2.45, 2.75) is 46.0 Å². The van der Waals surface area contributed by atoms with Gasteiger partial charge in [0.1, 0.15) is 11.5 Å². The molecule has 0 aliphatic heterocycles. The average molecular weight is 624 g/mol. The molecule has 3 aromatic carbocycles. The fourth-order valence-corrected chi connectivity index (χ4v) is 5.16. The average Bonchev–Trinajstić information content (AvgIpc) is 3.67. The lowest BCUT2D eigenvalue weighted by Gasteiger charge is -2.27. The molecule has 3 N–H and O–H groups in total. The van der Waals surface area contributed by atoms with Gasteiger partial charge in [-0.1, -0.05) is 19.1 Å². The lowest BCUT2D eigenvalue weighted by Crippen LogP contribution is -2.25. The van der Waals surface area contributed by atoms with E-state index < -0.39 is 5.92 Å². The van der Waals surface area contributed by atoms with E-state index in [1.54, 1.807) is 50.5 Å². The van der Waals surface area contributed by atoms with Crippen LogP contribution >= 0.6 is 0 Å². The van der Waals surface area contributed by atoms with E-state index in [0.29, 0.717) is 33.9 Å². The van der Waals surface area contributed by atoms with Crippen LogP contribution in [-0.4, -0.2) is 88.1 Å². The maximum Gasteiger partial charge on any atom is 0.173 e. The third-order valence-corrected chi connectivity index (χ3v) is 7.46. The molecule has 0 amide bonds. The van der Waals surface area contributed by atoms with Gasteiger partial charge in [0.15, 0.2) is 11.6 Å². The van der Waals surface area contributed by atoms with Crippen LogP contribution < -0.4 is 4.90 Å². The summed E-state index contributed by atoms with van der Waals surface area (Å²) in [7, 11) is 0. The Balaban J connectivity index is 1.62. The number of nitrogens with zero attached hydrogens (tertiary/aromatic N) is 11. The van der Waals surface area contributed by atoms with Gasteiger partial charge in [-0.3, -0.25) is 0 Å². The van der Waals surface area contributed by atoms with Gasteiger partial charge >= 0.3 is 0 Å². The number of anilines is 1. The zero-order valence-electron chi connectivity index (χ0n) is 26.0. The molecule has 0 saturated carbocycles. The van der Waals surface area contributed by atoms with Crippen LogP contribution in [0.1, 0.15) is 71.6 Å². The fraction of sp³-hybridized carbons (Fsp3) is 0.312. The number of benzene rings is 3. The number of hydrogen-bond donors (Lipinski definition) is 3. The van der Waals surface area contributed by atoms with E-state index in [0.717, 1.165) is 43.6 Å². The molecule has 0 bridgehead atoms. The standard InChI is InChI=1S/C32H37N11O3/c1-4-14-41(15-5-6-16-44)27-9-7-8-26(19-27)32(28-17-24(10-12-30(28)45)20-33-42-22(2)35-37-39-42)29-18-25(11-13-31(29)46)21-34-43-23(3)36-38-40-43/h7-13,17-21,32,44-46H,4-6,14-16H2,1-3H3. The Hall–Kier alpha value is -5.50. The minimum absolute atomic E-state index is 0.0577. The van der Waals surface area contributed by atoms with Crippen molar-refractivity contribution in [1.29, 1.82) is 0 Å². The molecule has 0 unspecified atom stereocenters. The lowest BCUT2D eigenvalue weighted by atomic mass is 9.82. The molecule has 0 aliphatic rings. The smallest absolute Gasteiger partial charge is 0.173 e. The van der Waals surface area contributed by atoms with E-state index in [-0.39, 0.29) is 18.1 Å². The molecule has 0 atom stereocenters. The fourth-order valence-electron chi connectivity index (χ4n) is 5.16. The Labute approximate surface area is 266 Å². The summed E-state index contributed by atoms with van der Waals surface area (Å²) < 4.78 is 0. The van der Waals surface area contributed by atoms with Crippen LogP contribution in [0.3, 0.4) is 0 Å². The van der Waals surface area contributed by atoms with E-state index in [1.165, 1.54) is 9.58 Å². The molecule has 0 spiro atoms. The van der Waals surface area contributed by atoms with Gasteiger partial charge in [-0.15, -0.1) is 19.8 Å². The normalized spacial score (nSPS) is 12.3. The topological polar surface area (TPSA) is 176 Å². The second kappa shape index (κ2) is 15.0. The molecular formula is C32H37N11O3. The van der Waals surface area contributed by atoms with Crippen LogP contribution in [0.15, 0.2) is 70.9 Å². The van der Waals surface area contributed by atoms with Gasteiger partial charge in [0.25, 0.3) is 0 Å². The van der Waals surface area contributed by atoms with Crippen molar-refractivity contribution < 1.29 is 15.3 Å². The molecule has 46 heavy (non-hydrogen) atoms. The molecular weight excluding hydrogens is 586 g/mol. The maximum absolute atomic E-state index is 11.3. The van der Waals surface area contributed by atoms with Gasteiger partial charge < -0.3 is 20.2 Å². The molecule has 14 nitrogen and oxygen atoms in total. The second-order valence-electron chi connectivity index (χ2n) is 10.8. The third kappa shape index (κ3) is 7.58. The first-order valence-electron chi connectivity index (χ1n) is 15.1. The number of aromatic nitrogens is 8. The highest BCUT2D eigenvalue weighted by atomic mass is 16.3. The highest BCUT2D eigenvalue weighted by Gasteiger charge is 2.25. The first kappa shape index (κ1) is 31.9. The van der Waals surface area contributed by atoms with Crippen LogP contribution in [0.4, 0.5) is 5.69 Å². The molecule has 0 aliphatic carbocycles. The lowest BCUT2D eigenvalue weighted by molar-refractivity contribution is 0.285. The van der Waals surface area contributed by atoms with Crippen LogP contribution in [0.2, 0.25) is 0 Å². The summed E-state index contributed by atoms with van der Waals surface area (Å²) in [4.78, 5) is 4.92. The van der Waals surface area contributed by atoms with E-state index in [1.807, 2.05) is 24.3 Å². The maximum atomic E-state index is 11.3. The van der Waals surface area contributed by atoms with E-state index in [2.05, 4.69) is 65.2 Å². The summed E-state index contributed by atoms with van der Waals surface area (Å²) >= 11 is 0. The minimum Gasteiger partial charge on any atom is -0.508 e.